The zero-order chi connectivity index (χ0) is 14.7. The lowest BCUT2D eigenvalue weighted by atomic mass is 10.2. The molecule has 7 heteroatoms. The van der Waals surface area contributed by atoms with Crippen LogP contribution in [0.5, 0.6) is 0 Å². The van der Waals surface area contributed by atoms with Gasteiger partial charge in [-0.25, -0.2) is 0 Å². The molecule has 2 heterocycles. The number of hydrogen-bond acceptors (Lipinski definition) is 3. The molecule has 0 aliphatic rings. The highest BCUT2D eigenvalue weighted by molar-refractivity contribution is 9.10. The lowest BCUT2D eigenvalue weighted by Gasteiger charge is -2.05. The number of aryl methyl sites for hydroxylation is 2. The number of halogens is 1. The minimum Gasteiger partial charge on any atom is -0.350 e. The third-order valence-corrected chi connectivity index (χ3v) is 3.95. The van der Waals surface area contributed by atoms with Gasteiger partial charge in [0.2, 0.25) is 5.91 Å². The number of hydrogen-bond donors (Lipinski definition) is 1. The van der Waals surface area contributed by atoms with Crippen LogP contribution in [-0.2, 0) is 24.4 Å². The molecule has 0 radical (unpaired) electrons. The first-order valence-corrected chi connectivity index (χ1v) is 7.28. The van der Waals surface area contributed by atoms with E-state index in [4.69, 9.17) is 0 Å². The van der Waals surface area contributed by atoms with Gasteiger partial charge in [-0.1, -0.05) is 0 Å². The average Bonchev–Trinajstić information content (AvgIpc) is 2.90. The van der Waals surface area contributed by atoms with Crippen molar-refractivity contribution in [2.45, 2.75) is 40.4 Å². The molecular formula is C13H18BrN5O. The normalized spacial score (nSPS) is 10.8. The van der Waals surface area contributed by atoms with Crippen molar-refractivity contribution in [3.05, 3.63) is 33.8 Å². The smallest absolute Gasteiger partial charge is 0.242 e. The van der Waals surface area contributed by atoms with Crippen LogP contribution in [0.25, 0.3) is 0 Å². The number of aromatic nitrogens is 4. The van der Waals surface area contributed by atoms with Gasteiger partial charge < -0.3 is 5.32 Å². The van der Waals surface area contributed by atoms with Gasteiger partial charge in [-0.05, 0) is 36.7 Å². The van der Waals surface area contributed by atoms with Gasteiger partial charge in [0.25, 0.3) is 0 Å². The van der Waals surface area contributed by atoms with E-state index in [2.05, 4.69) is 31.4 Å². The summed E-state index contributed by atoms with van der Waals surface area (Å²) in [5.74, 6) is -0.0661. The van der Waals surface area contributed by atoms with Gasteiger partial charge in [-0.3, -0.25) is 14.2 Å². The standard InChI is InChI=1S/C13H18BrN5O/c1-4-19-10(3)11(6-16-19)5-15-13(20)8-18-7-12(14)9(2)17-18/h6-7H,4-5,8H2,1-3H3,(H,15,20). The Bertz CT molecular complexity index is 597. The molecule has 0 aliphatic carbocycles. The Labute approximate surface area is 126 Å². The minimum absolute atomic E-state index is 0.0661. The zero-order valence-corrected chi connectivity index (χ0v) is 13.4. The number of rotatable bonds is 5. The lowest BCUT2D eigenvalue weighted by molar-refractivity contribution is -0.122. The highest BCUT2D eigenvalue weighted by Crippen LogP contribution is 2.13. The fourth-order valence-corrected chi connectivity index (χ4v) is 2.26. The van der Waals surface area contributed by atoms with Crippen LogP contribution in [0.15, 0.2) is 16.9 Å². The van der Waals surface area contributed by atoms with E-state index in [1.165, 1.54) is 0 Å². The summed E-state index contributed by atoms with van der Waals surface area (Å²) < 4.78 is 4.44. The van der Waals surface area contributed by atoms with Crippen LogP contribution in [0, 0.1) is 13.8 Å². The van der Waals surface area contributed by atoms with E-state index < -0.39 is 0 Å². The van der Waals surface area contributed by atoms with E-state index in [0.717, 1.165) is 28.0 Å². The summed E-state index contributed by atoms with van der Waals surface area (Å²) in [6, 6.07) is 0. The van der Waals surface area contributed by atoms with E-state index in [1.807, 2.05) is 25.5 Å². The number of carbonyl (C=O) groups excluding carboxylic acids is 1. The summed E-state index contributed by atoms with van der Waals surface area (Å²) in [7, 11) is 0. The van der Waals surface area contributed by atoms with Crippen molar-refractivity contribution >= 4 is 21.8 Å². The van der Waals surface area contributed by atoms with Crippen LogP contribution < -0.4 is 5.32 Å². The molecule has 0 unspecified atom stereocenters. The van der Waals surface area contributed by atoms with Crippen LogP contribution in [0.1, 0.15) is 23.9 Å². The van der Waals surface area contributed by atoms with Gasteiger partial charge in [0.15, 0.2) is 0 Å². The van der Waals surface area contributed by atoms with E-state index in [-0.39, 0.29) is 12.5 Å². The number of carbonyl (C=O) groups is 1. The van der Waals surface area contributed by atoms with Crippen molar-refractivity contribution in [1.82, 2.24) is 24.9 Å². The maximum atomic E-state index is 11.9. The number of nitrogens with zero attached hydrogens (tertiary/aromatic N) is 4. The molecule has 2 aromatic heterocycles. The SMILES string of the molecule is CCn1ncc(CNC(=O)Cn2cc(Br)c(C)n2)c1C. The number of amides is 1. The van der Waals surface area contributed by atoms with Crippen LogP contribution in [0.2, 0.25) is 0 Å². The van der Waals surface area contributed by atoms with Crippen molar-refractivity contribution in [3.8, 4) is 0 Å². The molecule has 2 rings (SSSR count). The summed E-state index contributed by atoms with van der Waals surface area (Å²) in [5, 5.41) is 11.4. The second-order valence-electron chi connectivity index (χ2n) is 4.61. The van der Waals surface area contributed by atoms with Gasteiger partial charge in [0, 0.05) is 30.5 Å². The van der Waals surface area contributed by atoms with Crippen molar-refractivity contribution in [2.24, 2.45) is 0 Å². The summed E-state index contributed by atoms with van der Waals surface area (Å²) >= 11 is 3.38. The maximum Gasteiger partial charge on any atom is 0.242 e. The van der Waals surface area contributed by atoms with Gasteiger partial charge in [0.05, 0.1) is 16.4 Å². The molecular weight excluding hydrogens is 322 g/mol. The van der Waals surface area contributed by atoms with Crippen molar-refractivity contribution in [3.63, 3.8) is 0 Å². The predicted octanol–water partition coefficient (Wildman–Crippen LogP) is 1.80. The summed E-state index contributed by atoms with van der Waals surface area (Å²) in [6.45, 7) is 7.48. The Morgan fingerprint density at radius 3 is 2.75 bits per heavy atom. The Balaban J connectivity index is 1.90. The number of nitrogens with one attached hydrogen (secondary N) is 1. The quantitative estimate of drug-likeness (QED) is 0.903. The summed E-state index contributed by atoms with van der Waals surface area (Å²) in [6.07, 6.45) is 3.60. The predicted molar refractivity (Wildman–Crippen MR) is 79.1 cm³/mol. The first-order chi connectivity index (χ1) is 9.51. The topological polar surface area (TPSA) is 64.7 Å². The zero-order valence-electron chi connectivity index (χ0n) is 11.9. The highest BCUT2D eigenvalue weighted by atomic mass is 79.9. The first-order valence-electron chi connectivity index (χ1n) is 6.48. The third kappa shape index (κ3) is 3.27. The van der Waals surface area contributed by atoms with Crippen LogP contribution in [0.4, 0.5) is 0 Å². The van der Waals surface area contributed by atoms with Gasteiger partial charge in [-0.2, -0.15) is 10.2 Å². The fourth-order valence-electron chi connectivity index (χ4n) is 1.95. The molecule has 0 bridgehead atoms. The molecule has 0 fully saturated rings. The van der Waals surface area contributed by atoms with Gasteiger partial charge in [-0.15, -0.1) is 0 Å². The largest absolute Gasteiger partial charge is 0.350 e. The van der Waals surface area contributed by atoms with Gasteiger partial charge >= 0.3 is 0 Å². The van der Waals surface area contributed by atoms with E-state index >= 15 is 0 Å². The molecule has 0 aliphatic heterocycles. The second kappa shape index (κ2) is 6.21. The molecule has 0 saturated heterocycles. The van der Waals surface area contributed by atoms with Crippen molar-refractivity contribution in [1.29, 1.82) is 0 Å². The average molecular weight is 340 g/mol. The summed E-state index contributed by atoms with van der Waals surface area (Å²) in [4.78, 5) is 11.9. The van der Waals surface area contributed by atoms with Crippen molar-refractivity contribution < 1.29 is 4.79 Å². The molecule has 20 heavy (non-hydrogen) atoms. The highest BCUT2D eigenvalue weighted by Gasteiger charge is 2.09. The Morgan fingerprint density at radius 2 is 2.20 bits per heavy atom. The van der Waals surface area contributed by atoms with Crippen molar-refractivity contribution in [2.75, 3.05) is 0 Å². The Hall–Kier alpha value is -1.63. The lowest BCUT2D eigenvalue weighted by Crippen LogP contribution is -2.27. The molecule has 0 atom stereocenters. The van der Waals surface area contributed by atoms with Crippen LogP contribution in [0.3, 0.4) is 0 Å². The molecule has 108 valence electrons. The molecule has 0 saturated carbocycles. The third-order valence-electron chi connectivity index (χ3n) is 3.17. The van der Waals surface area contributed by atoms with Crippen LogP contribution in [-0.4, -0.2) is 25.5 Å². The monoisotopic (exact) mass is 339 g/mol. The second-order valence-corrected chi connectivity index (χ2v) is 5.46. The molecule has 1 amide bonds. The molecule has 0 aromatic carbocycles. The van der Waals surface area contributed by atoms with Crippen LogP contribution >= 0.6 is 15.9 Å². The fraction of sp³-hybridized carbons (Fsp3) is 0.462. The minimum atomic E-state index is -0.0661. The molecule has 0 spiro atoms. The Kier molecular flexibility index (Phi) is 4.59. The maximum absolute atomic E-state index is 11.9. The molecule has 6 nitrogen and oxygen atoms in total. The van der Waals surface area contributed by atoms with E-state index in [9.17, 15) is 4.79 Å². The first kappa shape index (κ1) is 14.8. The molecule has 2 aromatic rings. The summed E-state index contributed by atoms with van der Waals surface area (Å²) in [5.41, 5.74) is 3.00. The van der Waals surface area contributed by atoms with Gasteiger partial charge in [0.1, 0.15) is 6.54 Å². The van der Waals surface area contributed by atoms with E-state index in [0.29, 0.717) is 6.54 Å². The Morgan fingerprint density at radius 1 is 1.45 bits per heavy atom. The molecule has 1 N–H and O–H groups in total. The van der Waals surface area contributed by atoms with E-state index in [1.54, 1.807) is 17.1 Å².